The smallest absolute Gasteiger partial charge is 0.311 e. The molecule has 0 amide bonds. The van der Waals surface area contributed by atoms with Crippen molar-refractivity contribution in [1.29, 1.82) is 0 Å². The molecule has 1 aromatic heterocycles. The quantitative estimate of drug-likeness (QED) is 0.431. The third-order valence-electron chi connectivity index (χ3n) is 6.31. The van der Waals surface area contributed by atoms with Crippen LogP contribution in [0.1, 0.15) is 44.9 Å². The molecule has 0 radical (unpaired) electrons. The van der Waals surface area contributed by atoms with Gasteiger partial charge in [0.25, 0.3) is 0 Å². The van der Waals surface area contributed by atoms with Crippen LogP contribution >= 0.6 is 15.9 Å². The largest absolute Gasteiger partial charge is 0.427 e. The Balaban J connectivity index is 1.26. The molecule has 6 rings (SSSR count). The molecule has 2 aromatic rings. The number of tetrazole rings is 1. The van der Waals surface area contributed by atoms with Gasteiger partial charge in [-0.1, -0.05) is 15.9 Å². The fourth-order valence-corrected chi connectivity index (χ4v) is 7.47. The molecule has 0 spiro atoms. The van der Waals surface area contributed by atoms with Crippen LogP contribution < -0.4 is 4.74 Å². The summed E-state index contributed by atoms with van der Waals surface area (Å²) in [5.41, 5.74) is 0.967. The van der Waals surface area contributed by atoms with Crippen molar-refractivity contribution in [1.82, 2.24) is 20.2 Å². The average Bonchev–Trinajstić information content (AvgIpc) is 3.07. The van der Waals surface area contributed by atoms with Crippen LogP contribution in [0.15, 0.2) is 30.6 Å². The van der Waals surface area contributed by atoms with Gasteiger partial charge in [0, 0.05) is 4.32 Å². The minimum Gasteiger partial charge on any atom is -0.427 e. The standard InChI is InChI=1S/C19H21BrN4O2/c20-19-8-13-5-14(9-19)7-18(6-13,11-19)10-17(25)26-16-3-1-15(2-4-16)24-12-21-22-23-24/h1-4,12-14H,5-11H2/t13-,14-,18?,19?/m0/s1. The molecule has 136 valence electrons. The third kappa shape index (κ3) is 2.96. The van der Waals surface area contributed by atoms with Gasteiger partial charge in [-0.05, 0) is 90.5 Å². The van der Waals surface area contributed by atoms with Gasteiger partial charge < -0.3 is 4.74 Å². The molecule has 26 heavy (non-hydrogen) atoms. The molecule has 4 fully saturated rings. The summed E-state index contributed by atoms with van der Waals surface area (Å²) in [5.74, 6) is 2.02. The van der Waals surface area contributed by atoms with E-state index in [0.717, 1.165) is 23.9 Å². The van der Waals surface area contributed by atoms with E-state index in [4.69, 9.17) is 4.74 Å². The number of nitrogens with zero attached hydrogens (tertiary/aromatic N) is 4. The second-order valence-electron chi connectivity index (χ2n) is 8.51. The molecule has 1 aromatic carbocycles. The first-order chi connectivity index (χ1) is 12.5. The Labute approximate surface area is 160 Å². The second kappa shape index (κ2) is 5.87. The topological polar surface area (TPSA) is 69.9 Å². The van der Waals surface area contributed by atoms with Gasteiger partial charge in [0.05, 0.1) is 12.1 Å². The molecular formula is C19H21BrN4O2. The minimum atomic E-state index is -0.113. The first-order valence-electron chi connectivity index (χ1n) is 9.24. The summed E-state index contributed by atoms with van der Waals surface area (Å²) in [4.78, 5) is 12.6. The van der Waals surface area contributed by atoms with Gasteiger partial charge in [-0.3, -0.25) is 4.79 Å². The van der Waals surface area contributed by atoms with Crippen molar-refractivity contribution in [3.05, 3.63) is 30.6 Å². The van der Waals surface area contributed by atoms with Crippen LogP contribution in [0.3, 0.4) is 0 Å². The number of rotatable bonds is 4. The number of esters is 1. The van der Waals surface area contributed by atoms with Crippen LogP contribution in [0.25, 0.3) is 5.69 Å². The zero-order chi connectivity index (χ0) is 17.8. The van der Waals surface area contributed by atoms with Gasteiger partial charge in [0.1, 0.15) is 12.1 Å². The van der Waals surface area contributed by atoms with Crippen LogP contribution in [0, 0.1) is 17.3 Å². The maximum atomic E-state index is 12.6. The summed E-state index contributed by atoms with van der Waals surface area (Å²) in [7, 11) is 0. The Hall–Kier alpha value is -1.76. The predicted octanol–water partition coefficient (Wildman–Crippen LogP) is 3.69. The first-order valence-corrected chi connectivity index (χ1v) is 10.0. The van der Waals surface area contributed by atoms with Crippen molar-refractivity contribution in [3.8, 4) is 11.4 Å². The van der Waals surface area contributed by atoms with Gasteiger partial charge in [-0.2, -0.15) is 0 Å². The molecule has 0 saturated heterocycles. The number of hydrogen-bond acceptors (Lipinski definition) is 5. The van der Waals surface area contributed by atoms with E-state index in [0.29, 0.717) is 12.2 Å². The lowest BCUT2D eigenvalue weighted by Gasteiger charge is -2.60. The average molecular weight is 417 g/mol. The maximum absolute atomic E-state index is 12.6. The molecule has 0 N–H and O–H groups in total. The van der Waals surface area contributed by atoms with E-state index in [-0.39, 0.29) is 15.7 Å². The lowest BCUT2D eigenvalue weighted by molar-refractivity contribution is -0.141. The van der Waals surface area contributed by atoms with Gasteiger partial charge in [0.15, 0.2) is 0 Å². The van der Waals surface area contributed by atoms with E-state index in [2.05, 4.69) is 31.5 Å². The van der Waals surface area contributed by atoms with Crippen LogP contribution in [-0.4, -0.2) is 30.5 Å². The molecule has 2 atom stereocenters. The molecule has 4 aliphatic rings. The number of halogens is 1. The Morgan fingerprint density at radius 3 is 2.54 bits per heavy atom. The fraction of sp³-hybridized carbons (Fsp3) is 0.579. The summed E-state index contributed by atoms with van der Waals surface area (Å²) < 4.78 is 7.48. The summed E-state index contributed by atoms with van der Waals surface area (Å²) in [5, 5.41) is 11.1. The van der Waals surface area contributed by atoms with Crippen molar-refractivity contribution in [2.75, 3.05) is 0 Å². The van der Waals surface area contributed by atoms with Crippen LogP contribution in [0.2, 0.25) is 0 Å². The Morgan fingerprint density at radius 1 is 1.19 bits per heavy atom. The number of hydrogen-bond donors (Lipinski definition) is 0. The van der Waals surface area contributed by atoms with E-state index in [1.807, 2.05) is 12.1 Å². The van der Waals surface area contributed by atoms with Crippen molar-refractivity contribution < 1.29 is 9.53 Å². The number of alkyl halides is 1. The van der Waals surface area contributed by atoms with E-state index in [1.165, 1.54) is 38.4 Å². The first kappa shape index (κ1) is 16.4. The van der Waals surface area contributed by atoms with Crippen molar-refractivity contribution in [2.45, 2.75) is 49.3 Å². The van der Waals surface area contributed by atoms with Gasteiger partial charge in [-0.15, -0.1) is 5.10 Å². The van der Waals surface area contributed by atoms with E-state index >= 15 is 0 Å². The lowest BCUT2D eigenvalue weighted by Crippen LogP contribution is -2.53. The van der Waals surface area contributed by atoms with E-state index in [9.17, 15) is 4.79 Å². The third-order valence-corrected chi connectivity index (χ3v) is 7.24. The molecule has 0 aliphatic heterocycles. The van der Waals surface area contributed by atoms with E-state index < -0.39 is 0 Å². The van der Waals surface area contributed by atoms with Gasteiger partial charge >= 0.3 is 5.97 Å². The molecule has 4 aliphatic carbocycles. The molecule has 7 heteroatoms. The lowest BCUT2D eigenvalue weighted by atomic mass is 9.49. The SMILES string of the molecule is O=C(CC12C[C@@H]3C[C@H](CC(Br)(C3)C1)C2)Oc1ccc(-n2cnnn2)cc1. The summed E-state index contributed by atoms with van der Waals surface area (Å²) >= 11 is 4.01. The highest BCUT2D eigenvalue weighted by Crippen LogP contribution is 2.65. The molecule has 0 unspecified atom stereocenters. The number of ether oxygens (including phenoxy) is 1. The van der Waals surface area contributed by atoms with Crippen LogP contribution in [0.4, 0.5) is 0 Å². The minimum absolute atomic E-state index is 0.113. The Morgan fingerprint density at radius 2 is 1.92 bits per heavy atom. The van der Waals surface area contributed by atoms with Crippen molar-refractivity contribution >= 4 is 21.9 Å². The Bertz CT molecular complexity index is 807. The predicted molar refractivity (Wildman–Crippen MR) is 98.2 cm³/mol. The molecule has 4 saturated carbocycles. The normalized spacial score (nSPS) is 34.8. The van der Waals surface area contributed by atoms with E-state index in [1.54, 1.807) is 16.8 Å². The van der Waals surface area contributed by atoms with Crippen molar-refractivity contribution in [3.63, 3.8) is 0 Å². The zero-order valence-electron chi connectivity index (χ0n) is 14.5. The van der Waals surface area contributed by atoms with Crippen molar-refractivity contribution in [2.24, 2.45) is 17.3 Å². The highest BCUT2D eigenvalue weighted by atomic mass is 79.9. The summed E-state index contributed by atoms with van der Waals surface area (Å²) in [6.45, 7) is 0. The number of carbonyl (C=O) groups excluding carboxylic acids is 1. The van der Waals surface area contributed by atoms with Gasteiger partial charge in [0.2, 0.25) is 0 Å². The maximum Gasteiger partial charge on any atom is 0.311 e. The zero-order valence-corrected chi connectivity index (χ0v) is 16.1. The van der Waals surface area contributed by atoms with Crippen LogP contribution in [0.5, 0.6) is 5.75 Å². The monoisotopic (exact) mass is 416 g/mol. The van der Waals surface area contributed by atoms with Crippen LogP contribution in [-0.2, 0) is 4.79 Å². The summed E-state index contributed by atoms with van der Waals surface area (Å²) in [6.07, 6.45) is 9.45. The molecule has 1 heterocycles. The Kier molecular flexibility index (Phi) is 3.71. The number of benzene rings is 1. The molecular weight excluding hydrogens is 396 g/mol. The molecule has 4 bridgehead atoms. The molecule has 6 nitrogen and oxygen atoms in total. The van der Waals surface area contributed by atoms with Gasteiger partial charge in [-0.25, -0.2) is 4.68 Å². The second-order valence-corrected chi connectivity index (χ2v) is 10.2. The fourth-order valence-electron chi connectivity index (χ4n) is 5.96. The highest BCUT2D eigenvalue weighted by Gasteiger charge is 2.57. The number of aromatic nitrogens is 4. The highest BCUT2D eigenvalue weighted by molar-refractivity contribution is 9.10. The summed E-state index contributed by atoms with van der Waals surface area (Å²) in [6, 6.07) is 7.27. The number of carbonyl (C=O) groups is 1.